The first-order valence-corrected chi connectivity index (χ1v) is 5.89. The number of unbranched alkanes of at least 4 members (excludes halogenated alkanes) is 2. The number of nitrogens with two attached hydrogens (primary N) is 1. The van der Waals surface area contributed by atoms with Gasteiger partial charge in [-0.25, -0.2) is 0 Å². The lowest BCUT2D eigenvalue weighted by Gasteiger charge is -2.11. The van der Waals surface area contributed by atoms with Crippen LogP contribution in [-0.4, -0.2) is 4.98 Å². The zero-order valence-electron chi connectivity index (χ0n) is 8.54. The van der Waals surface area contributed by atoms with Gasteiger partial charge in [0.15, 0.2) is 0 Å². The summed E-state index contributed by atoms with van der Waals surface area (Å²) in [5, 5.41) is 0. The van der Waals surface area contributed by atoms with Crippen LogP contribution in [0.2, 0.25) is 0 Å². The maximum Gasteiger partial charge on any atom is 0.0410 e. The summed E-state index contributed by atoms with van der Waals surface area (Å²) in [6.45, 7) is 2.20. The average Bonchev–Trinajstić information content (AvgIpc) is 2.18. The second-order valence-electron chi connectivity index (χ2n) is 3.54. The number of nitrogens with zero attached hydrogens (tertiary/aromatic N) is 1. The van der Waals surface area contributed by atoms with E-state index in [1.165, 1.54) is 19.3 Å². The molecule has 0 fully saturated rings. The Bertz CT molecular complexity index is 276. The zero-order valence-corrected chi connectivity index (χ0v) is 10.1. The molecule has 1 aromatic rings. The highest BCUT2D eigenvalue weighted by Gasteiger charge is 2.05. The molecule has 0 saturated carbocycles. The van der Waals surface area contributed by atoms with E-state index in [0.29, 0.717) is 0 Å². The summed E-state index contributed by atoms with van der Waals surface area (Å²) < 4.78 is 1.00. The van der Waals surface area contributed by atoms with Gasteiger partial charge < -0.3 is 5.73 Å². The molecule has 0 amide bonds. The summed E-state index contributed by atoms with van der Waals surface area (Å²) in [7, 11) is 0. The summed E-state index contributed by atoms with van der Waals surface area (Å²) in [5.41, 5.74) is 7.16. The summed E-state index contributed by atoms with van der Waals surface area (Å²) in [6.07, 6.45) is 8.37. The van der Waals surface area contributed by atoms with Gasteiger partial charge in [0.1, 0.15) is 0 Å². The Morgan fingerprint density at radius 3 is 2.86 bits per heavy atom. The van der Waals surface area contributed by atoms with Crippen LogP contribution in [0.3, 0.4) is 0 Å². The largest absolute Gasteiger partial charge is 0.324 e. The fraction of sp³-hybridized carbons (Fsp3) is 0.545. The number of hydrogen-bond donors (Lipinski definition) is 1. The van der Waals surface area contributed by atoms with E-state index < -0.39 is 0 Å². The summed E-state index contributed by atoms with van der Waals surface area (Å²) in [4.78, 5) is 4.11. The molecular formula is C11H17BrN2. The molecule has 0 saturated heterocycles. The van der Waals surface area contributed by atoms with Crippen molar-refractivity contribution in [1.82, 2.24) is 4.98 Å². The molecule has 0 aliphatic rings. The van der Waals surface area contributed by atoms with E-state index >= 15 is 0 Å². The van der Waals surface area contributed by atoms with Crippen molar-refractivity contribution in [2.75, 3.05) is 0 Å². The normalized spacial score (nSPS) is 12.8. The summed E-state index contributed by atoms with van der Waals surface area (Å²) in [5.74, 6) is 0. The lowest BCUT2D eigenvalue weighted by atomic mass is 10.0. The van der Waals surface area contributed by atoms with Crippen molar-refractivity contribution in [3.8, 4) is 0 Å². The topological polar surface area (TPSA) is 38.9 Å². The highest BCUT2D eigenvalue weighted by Crippen LogP contribution is 2.19. The minimum atomic E-state index is 0.131. The molecule has 1 rings (SSSR count). The number of halogens is 1. The van der Waals surface area contributed by atoms with Gasteiger partial charge in [-0.3, -0.25) is 4.98 Å². The van der Waals surface area contributed by atoms with Crippen LogP contribution < -0.4 is 5.73 Å². The van der Waals surface area contributed by atoms with E-state index in [2.05, 4.69) is 27.8 Å². The quantitative estimate of drug-likeness (QED) is 0.821. The van der Waals surface area contributed by atoms with Gasteiger partial charge in [-0.15, -0.1) is 0 Å². The van der Waals surface area contributed by atoms with Gasteiger partial charge in [-0.2, -0.15) is 0 Å². The van der Waals surface area contributed by atoms with Crippen molar-refractivity contribution in [2.24, 2.45) is 5.73 Å². The molecule has 3 heteroatoms. The number of rotatable bonds is 5. The fourth-order valence-electron chi connectivity index (χ4n) is 1.41. The standard InChI is InChI=1S/C11H17BrN2/c1-2-3-4-5-11(13)9-6-10(12)8-14-7-9/h6-8,11H,2-5,13H2,1H3. The van der Waals surface area contributed by atoms with Crippen molar-refractivity contribution >= 4 is 15.9 Å². The molecule has 0 bridgehead atoms. The molecule has 0 aromatic carbocycles. The van der Waals surface area contributed by atoms with Gasteiger partial charge in [-0.1, -0.05) is 26.2 Å². The predicted molar refractivity (Wildman–Crippen MR) is 63.0 cm³/mol. The van der Waals surface area contributed by atoms with Crippen molar-refractivity contribution in [1.29, 1.82) is 0 Å². The van der Waals surface area contributed by atoms with E-state index in [1.54, 1.807) is 6.20 Å². The molecule has 0 radical (unpaired) electrons. The van der Waals surface area contributed by atoms with Crippen molar-refractivity contribution < 1.29 is 0 Å². The Balaban J connectivity index is 2.47. The van der Waals surface area contributed by atoms with Crippen molar-refractivity contribution in [2.45, 2.75) is 38.6 Å². The van der Waals surface area contributed by atoms with Crippen LogP contribution in [0.25, 0.3) is 0 Å². The van der Waals surface area contributed by atoms with Crippen molar-refractivity contribution in [3.63, 3.8) is 0 Å². The fourth-order valence-corrected chi connectivity index (χ4v) is 1.79. The molecule has 1 aromatic heterocycles. The van der Waals surface area contributed by atoms with Crippen LogP contribution in [0.4, 0.5) is 0 Å². The van der Waals surface area contributed by atoms with E-state index in [9.17, 15) is 0 Å². The van der Waals surface area contributed by atoms with E-state index in [-0.39, 0.29) is 6.04 Å². The van der Waals surface area contributed by atoms with E-state index in [1.807, 2.05) is 12.3 Å². The maximum absolute atomic E-state index is 6.04. The molecule has 1 heterocycles. The van der Waals surface area contributed by atoms with Crippen LogP contribution in [-0.2, 0) is 0 Å². The molecule has 2 N–H and O–H groups in total. The van der Waals surface area contributed by atoms with Gasteiger partial charge in [0, 0.05) is 22.9 Å². The first-order valence-electron chi connectivity index (χ1n) is 5.10. The predicted octanol–water partition coefficient (Wildman–Crippen LogP) is 3.42. The van der Waals surface area contributed by atoms with Crippen LogP contribution >= 0.6 is 15.9 Å². The minimum absolute atomic E-state index is 0.131. The molecule has 78 valence electrons. The number of hydrogen-bond acceptors (Lipinski definition) is 2. The Hall–Kier alpha value is -0.410. The third-order valence-corrected chi connectivity index (χ3v) is 2.71. The second-order valence-corrected chi connectivity index (χ2v) is 4.45. The van der Waals surface area contributed by atoms with E-state index in [0.717, 1.165) is 16.5 Å². The minimum Gasteiger partial charge on any atom is -0.324 e. The van der Waals surface area contributed by atoms with Crippen LogP contribution in [0.15, 0.2) is 22.9 Å². The van der Waals surface area contributed by atoms with Gasteiger partial charge in [0.05, 0.1) is 0 Å². The zero-order chi connectivity index (χ0) is 10.4. The Kier molecular flexibility index (Phi) is 5.12. The third-order valence-electron chi connectivity index (χ3n) is 2.27. The van der Waals surface area contributed by atoms with Crippen LogP contribution in [0.1, 0.15) is 44.2 Å². The molecule has 2 nitrogen and oxygen atoms in total. The molecular weight excluding hydrogens is 240 g/mol. The first-order chi connectivity index (χ1) is 6.74. The van der Waals surface area contributed by atoms with Gasteiger partial charge in [0.25, 0.3) is 0 Å². The Morgan fingerprint density at radius 1 is 1.43 bits per heavy atom. The third kappa shape index (κ3) is 3.76. The first kappa shape index (κ1) is 11.7. The smallest absolute Gasteiger partial charge is 0.0410 e. The van der Waals surface area contributed by atoms with Crippen LogP contribution in [0, 0.1) is 0 Å². The molecule has 14 heavy (non-hydrogen) atoms. The van der Waals surface area contributed by atoms with Gasteiger partial charge in [-0.05, 0) is 34.0 Å². The summed E-state index contributed by atoms with van der Waals surface area (Å²) in [6, 6.07) is 2.18. The lowest BCUT2D eigenvalue weighted by Crippen LogP contribution is -2.10. The molecule has 0 aliphatic carbocycles. The van der Waals surface area contributed by atoms with Gasteiger partial charge >= 0.3 is 0 Å². The SMILES string of the molecule is CCCCCC(N)c1cncc(Br)c1. The average molecular weight is 257 g/mol. The molecule has 1 atom stereocenters. The number of aromatic nitrogens is 1. The highest BCUT2D eigenvalue weighted by molar-refractivity contribution is 9.10. The molecule has 1 unspecified atom stereocenters. The second kappa shape index (κ2) is 6.14. The molecule has 0 spiro atoms. The summed E-state index contributed by atoms with van der Waals surface area (Å²) >= 11 is 3.39. The maximum atomic E-state index is 6.04. The van der Waals surface area contributed by atoms with Gasteiger partial charge in [0.2, 0.25) is 0 Å². The number of pyridine rings is 1. The Labute approximate surface area is 94.0 Å². The Morgan fingerprint density at radius 2 is 2.21 bits per heavy atom. The highest BCUT2D eigenvalue weighted by atomic mass is 79.9. The lowest BCUT2D eigenvalue weighted by molar-refractivity contribution is 0.580. The monoisotopic (exact) mass is 256 g/mol. The van der Waals surface area contributed by atoms with Crippen molar-refractivity contribution in [3.05, 3.63) is 28.5 Å². The molecule has 0 aliphatic heterocycles. The van der Waals surface area contributed by atoms with Crippen LogP contribution in [0.5, 0.6) is 0 Å². The van der Waals surface area contributed by atoms with E-state index in [4.69, 9.17) is 5.73 Å².